The molecule has 21 heavy (non-hydrogen) atoms. The van der Waals surface area contributed by atoms with Gasteiger partial charge in [0.05, 0.1) is 11.8 Å². The molecule has 1 heterocycles. The number of rotatable bonds is 5. The van der Waals surface area contributed by atoms with Crippen LogP contribution in [0.1, 0.15) is 31.0 Å². The van der Waals surface area contributed by atoms with E-state index in [0.717, 1.165) is 11.3 Å². The molecule has 2 rings (SSSR count). The van der Waals surface area contributed by atoms with Crippen molar-refractivity contribution in [1.29, 1.82) is 0 Å². The van der Waals surface area contributed by atoms with E-state index in [-0.39, 0.29) is 17.7 Å². The van der Waals surface area contributed by atoms with Crippen LogP contribution in [0, 0.1) is 13.8 Å². The first-order valence-electron chi connectivity index (χ1n) is 6.75. The molecule has 0 aliphatic heterocycles. The summed E-state index contributed by atoms with van der Waals surface area (Å²) >= 11 is 1.33. The van der Waals surface area contributed by atoms with Crippen molar-refractivity contribution in [2.24, 2.45) is 0 Å². The van der Waals surface area contributed by atoms with Gasteiger partial charge < -0.3 is 5.32 Å². The van der Waals surface area contributed by atoms with Crippen molar-refractivity contribution in [1.82, 2.24) is 20.2 Å². The van der Waals surface area contributed by atoms with Crippen LogP contribution in [0.5, 0.6) is 0 Å². The van der Waals surface area contributed by atoms with E-state index in [1.165, 1.54) is 17.3 Å². The van der Waals surface area contributed by atoms with E-state index in [2.05, 4.69) is 20.8 Å². The lowest BCUT2D eigenvalue weighted by Crippen LogP contribution is -2.15. The van der Waals surface area contributed by atoms with Crippen LogP contribution in [0.2, 0.25) is 0 Å². The van der Waals surface area contributed by atoms with Crippen LogP contribution in [0.4, 0.5) is 5.69 Å². The van der Waals surface area contributed by atoms with Crippen LogP contribution in [-0.2, 0) is 4.79 Å². The standard InChI is InChI=1S/C14H19N5OS/c1-9(2)19-14(16-17-18-19)21-8-13(20)15-12-6-5-10(3)11(4)7-12/h5-7,9H,8H2,1-4H3,(H,15,20). The van der Waals surface area contributed by atoms with Gasteiger partial charge in [-0.3, -0.25) is 4.79 Å². The zero-order valence-electron chi connectivity index (χ0n) is 12.6. The summed E-state index contributed by atoms with van der Waals surface area (Å²) in [5, 5.41) is 15.0. The van der Waals surface area contributed by atoms with Gasteiger partial charge in [0, 0.05) is 5.69 Å². The van der Waals surface area contributed by atoms with Gasteiger partial charge in [-0.25, -0.2) is 4.68 Å². The molecule has 0 aliphatic rings. The molecule has 0 spiro atoms. The molecule has 0 saturated heterocycles. The first-order valence-corrected chi connectivity index (χ1v) is 7.73. The Bertz CT molecular complexity index is 638. The molecule has 112 valence electrons. The quantitative estimate of drug-likeness (QED) is 0.860. The molecule has 6 nitrogen and oxygen atoms in total. The number of nitrogens with one attached hydrogen (secondary N) is 1. The van der Waals surface area contributed by atoms with Gasteiger partial charge in [0.15, 0.2) is 0 Å². The second-order valence-electron chi connectivity index (χ2n) is 5.14. The Labute approximate surface area is 128 Å². The average molecular weight is 305 g/mol. The molecule has 7 heteroatoms. The fourth-order valence-electron chi connectivity index (χ4n) is 1.75. The van der Waals surface area contributed by atoms with E-state index in [9.17, 15) is 4.79 Å². The third-order valence-corrected chi connectivity index (χ3v) is 4.01. The number of hydrogen-bond acceptors (Lipinski definition) is 5. The summed E-state index contributed by atoms with van der Waals surface area (Å²) in [5.74, 6) is 0.210. The number of benzene rings is 1. The van der Waals surface area contributed by atoms with Crippen molar-refractivity contribution in [2.75, 3.05) is 11.1 Å². The van der Waals surface area contributed by atoms with Gasteiger partial charge in [0.1, 0.15) is 0 Å². The predicted molar refractivity (Wildman–Crippen MR) is 83.5 cm³/mol. The first-order chi connectivity index (χ1) is 9.97. The minimum Gasteiger partial charge on any atom is -0.325 e. The summed E-state index contributed by atoms with van der Waals surface area (Å²) in [4.78, 5) is 12.0. The Morgan fingerprint density at radius 2 is 2.10 bits per heavy atom. The maximum Gasteiger partial charge on any atom is 0.234 e. The number of tetrazole rings is 1. The lowest BCUT2D eigenvalue weighted by molar-refractivity contribution is -0.113. The monoisotopic (exact) mass is 305 g/mol. The van der Waals surface area contributed by atoms with Crippen molar-refractivity contribution in [2.45, 2.75) is 38.9 Å². The molecule has 0 unspecified atom stereocenters. The number of nitrogens with zero attached hydrogens (tertiary/aromatic N) is 4. The number of carbonyl (C=O) groups excluding carboxylic acids is 1. The molecule has 0 radical (unpaired) electrons. The lowest BCUT2D eigenvalue weighted by atomic mass is 10.1. The molecule has 0 aliphatic carbocycles. The highest BCUT2D eigenvalue weighted by Gasteiger charge is 2.12. The number of aryl methyl sites for hydroxylation is 2. The molecule has 1 amide bonds. The van der Waals surface area contributed by atoms with Gasteiger partial charge >= 0.3 is 0 Å². The van der Waals surface area contributed by atoms with Gasteiger partial charge in [-0.15, -0.1) is 5.10 Å². The summed E-state index contributed by atoms with van der Waals surface area (Å²) < 4.78 is 1.70. The molecule has 0 fully saturated rings. The van der Waals surface area contributed by atoms with E-state index in [0.29, 0.717) is 5.16 Å². The van der Waals surface area contributed by atoms with E-state index in [4.69, 9.17) is 0 Å². The SMILES string of the molecule is Cc1ccc(NC(=O)CSc2nnnn2C(C)C)cc1C. The topological polar surface area (TPSA) is 72.7 Å². The third kappa shape index (κ3) is 4.04. The summed E-state index contributed by atoms with van der Waals surface area (Å²) in [6.07, 6.45) is 0. The summed E-state index contributed by atoms with van der Waals surface area (Å²) in [5.41, 5.74) is 3.18. The van der Waals surface area contributed by atoms with Crippen molar-refractivity contribution in [3.8, 4) is 0 Å². The summed E-state index contributed by atoms with van der Waals surface area (Å²) in [6.45, 7) is 8.06. The van der Waals surface area contributed by atoms with E-state index in [1.54, 1.807) is 4.68 Å². The number of thioether (sulfide) groups is 1. The Hall–Kier alpha value is -1.89. The van der Waals surface area contributed by atoms with Gasteiger partial charge in [-0.2, -0.15) is 0 Å². The van der Waals surface area contributed by atoms with Crippen molar-refractivity contribution in [3.05, 3.63) is 29.3 Å². The maximum absolute atomic E-state index is 12.0. The van der Waals surface area contributed by atoms with E-state index in [1.807, 2.05) is 45.9 Å². The van der Waals surface area contributed by atoms with Crippen LogP contribution >= 0.6 is 11.8 Å². The minimum absolute atomic E-state index is 0.0680. The number of hydrogen-bond donors (Lipinski definition) is 1. The van der Waals surface area contributed by atoms with Crippen LogP contribution in [-0.4, -0.2) is 31.9 Å². The lowest BCUT2D eigenvalue weighted by Gasteiger charge is -2.08. The zero-order chi connectivity index (χ0) is 15.4. The van der Waals surface area contributed by atoms with Crippen LogP contribution in [0.15, 0.2) is 23.4 Å². The molecule has 0 bridgehead atoms. The average Bonchev–Trinajstić information content (AvgIpc) is 2.89. The highest BCUT2D eigenvalue weighted by atomic mass is 32.2. The van der Waals surface area contributed by atoms with Crippen molar-refractivity contribution >= 4 is 23.4 Å². The second-order valence-corrected chi connectivity index (χ2v) is 6.08. The molecular weight excluding hydrogens is 286 g/mol. The highest BCUT2D eigenvalue weighted by molar-refractivity contribution is 7.99. The molecule has 1 N–H and O–H groups in total. The van der Waals surface area contributed by atoms with Gasteiger partial charge in [0.25, 0.3) is 0 Å². The van der Waals surface area contributed by atoms with Crippen LogP contribution in [0.3, 0.4) is 0 Å². The van der Waals surface area contributed by atoms with Gasteiger partial charge in [0.2, 0.25) is 11.1 Å². The smallest absolute Gasteiger partial charge is 0.234 e. The van der Waals surface area contributed by atoms with Crippen LogP contribution in [0.25, 0.3) is 0 Å². The Kier molecular flexibility index (Phi) is 4.95. The number of carbonyl (C=O) groups is 1. The van der Waals surface area contributed by atoms with E-state index < -0.39 is 0 Å². The highest BCUT2D eigenvalue weighted by Crippen LogP contribution is 2.18. The maximum atomic E-state index is 12.0. The van der Waals surface area contributed by atoms with Crippen molar-refractivity contribution in [3.63, 3.8) is 0 Å². The fourth-order valence-corrected chi connectivity index (χ4v) is 2.56. The molecule has 0 saturated carbocycles. The zero-order valence-corrected chi connectivity index (χ0v) is 13.4. The summed E-state index contributed by atoms with van der Waals surface area (Å²) in [7, 11) is 0. The number of anilines is 1. The molecule has 1 aromatic heterocycles. The molecule has 1 aromatic carbocycles. The van der Waals surface area contributed by atoms with E-state index >= 15 is 0 Å². The molecule has 0 atom stereocenters. The normalized spacial score (nSPS) is 10.9. The van der Waals surface area contributed by atoms with Gasteiger partial charge in [-0.1, -0.05) is 17.8 Å². The number of amides is 1. The molecular formula is C14H19N5OS. The Morgan fingerprint density at radius 3 is 2.76 bits per heavy atom. The fraction of sp³-hybridized carbons (Fsp3) is 0.429. The Balaban J connectivity index is 1.93. The minimum atomic E-state index is -0.0680. The van der Waals surface area contributed by atoms with Gasteiger partial charge in [-0.05, 0) is 61.4 Å². The predicted octanol–water partition coefficient (Wildman–Crippen LogP) is 2.60. The largest absolute Gasteiger partial charge is 0.325 e. The van der Waals surface area contributed by atoms with Crippen molar-refractivity contribution < 1.29 is 4.79 Å². The van der Waals surface area contributed by atoms with Crippen LogP contribution < -0.4 is 5.32 Å². The summed E-state index contributed by atoms with van der Waals surface area (Å²) in [6, 6.07) is 6.04. The number of aromatic nitrogens is 4. The Morgan fingerprint density at radius 1 is 1.33 bits per heavy atom. The third-order valence-electron chi connectivity index (χ3n) is 3.07. The first kappa shape index (κ1) is 15.5. The molecule has 2 aromatic rings. The second kappa shape index (κ2) is 6.71.